The Bertz CT molecular complexity index is 28.0. The van der Waals surface area contributed by atoms with Gasteiger partial charge in [-0.3, -0.25) is 0 Å². The summed E-state index contributed by atoms with van der Waals surface area (Å²) in [4.78, 5) is 0. The van der Waals surface area contributed by atoms with Gasteiger partial charge in [-0.2, -0.15) is 0 Å². The molecular formula is C4H10Cl2NiO. The Morgan fingerprint density at radius 2 is 1.50 bits per heavy atom. The Hall–Kier alpha value is 1.03. The zero-order chi connectivity index (χ0) is 6.83. The topological polar surface area (TPSA) is 9.23 Å². The van der Waals surface area contributed by atoms with Crippen molar-refractivity contribution in [2.24, 2.45) is 0 Å². The Kier molecular flexibility index (Phi) is 23.1. The first-order valence-corrected chi connectivity index (χ1v) is 4.95. The van der Waals surface area contributed by atoms with E-state index in [1.54, 1.807) is 0 Å². The van der Waals surface area contributed by atoms with Gasteiger partial charge in [-0.15, -0.1) is 0 Å². The van der Waals surface area contributed by atoms with Crippen molar-refractivity contribution in [1.82, 2.24) is 0 Å². The van der Waals surface area contributed by atoms with Crippen molar-refractivity contribution in [3.63, 3.8) is 0 Å². The van der Waals surface area contributed by atoms with Gasteiger partial charge in [-0.25, -0.2) is 0 Å². The third-order valence-corrected chi connectivity index (χ3v) is 0.408. The van der Waals surface area contributed by atoms with Crippen molar-refractivity contribution >= 4 is 20.4 Å². The van der Waals surface area contributed by atoms with Gasteiger partial charge in [0.25, 0.3) is 0 Å². The number of hydrogen-bond acceptors (Lipinski definition) is 1. The molecule has 0 radical (unpaired) electrons. The fourth-order valence-electron chi connectivity index (χ4n) is 0.204. The molecule has 0 aliphatic rings. The van der Waals surface area contributed by atoms with Gasteiger partial charge in [0.05, 0.1) is 0 Å². The zero-order valence-corrected chi connectivity index (χ0v) is 7.39. The zero-order valence-electron chi connectivity index (χ0n) is 4.89. The normalized spacial score (nSPS) is 8.00. The van der Waals surface area contributed by atoms with Gasteiger partial charge < -0.3 is 4.74 Å². The van der Waals surface area contributed by atoms with Crippen LogP contribution >= 0.6 is 20.4 Å². The molecule has 0 unspecified atom stereocenters. The molecule has 0 heterocycles. The third-order valence-electron chi connectivity index (χ3n) is 0.408. The second kappa shape index (κ2) is 15.7. The summed E-state index contributed by atoms with van der Waals surface area (Å²) in [7, 11) is 9.40. The molecule has 0 fully saturated rings. The van der Waals surface area contributed by atoms with Crippen molar-refractivity contribution in [2.45, 2.75) is 13.8 Å². The summed E-state index contributed by atoms with van der Waals surface area (Å²) in [6.07, 6.45) is 0. The van der Waals surface area contributed by atoms with Gasteiger partial charge in [0.1, 0.15) is 0 Å². The Balaban J connectivity index is 0. The van der Waals surface area contributed by atoms with Gasteiger partial charge in [-0.05, 0) is 13.8 Å². The quantitative estimate of drug-likeness (QED) is 0.627. The monoisotopic (exact) mass is 202 g/mol. The molecule has 0 saturated heterocycles. The molecular weight excluding hydrogens is 194 g/mol. The van der Waals surface area contributed by atoms with Crippen LogP contribution in [0.25, 0.3) is 0 Å². The molecule has 8 heavy (non-hydrogen) atoms. The molecule has 0 saturated carbocycles. The van der Waals surface area contributed by atoms with Crippen LogP contribution in [0.5, 0.6) is 0 Å². The first kappa shape index (κ1) is 11.8. The van der Waals surface area contributed by atoms with Crippen molar-refractivity contribution in [3.8, 4) is 0 Å². The van der Waals surface area contributed by atoms with E-state index >= 15 is 0 Å². The van der Waals surface area contributed by atoms with Crippen molar-refractivity contribution in [1.29, 1.82) is 0 Å². The van der Waals surface area contributed by atoms with Crippen LogP contribution in [-0.2, 0) is 17.4 Å². The van der Waals surface area contributed by atoms with E-state index in [0.29, 0.717) is 12.7 Å². The SMILES string of the molecule is CCOCC.[Cl][Ni][Cl]. The number of ether oxygens (including phenoxy) is 1. The summed E-state index contributed by atoms with van der Waals surface area (Å²) in [6, 6.07) is 0. The molecule has 0 N–H and O–H groups in total. The molecule has 0 atom stereocenters. The second-order valence-corrected chi connectivity index (χ2v) is 2.46. The van der Waals surface area contributed by atoms with Gasteiger partial charge >= 0.3 is 33.0 Å². The molecule has 56 valence electrons. The maximum absolute atomic E-state index is 4.83. The average Bonchev–Trinajstić information content (AvgIpc) is 1.71. The Morgan fingerprint density at radius 1 is 1.25 bits per heavy atom. The second-order valence-electron chi connectivity index (χ2n) is 0.827. The summed E-state index contributed by atoms with van der Waals surface area (Å²) < 4.78 is 4.83. The van der Waals surface area contributed by atoms with E-state index in [0.717, 1.165) is 13.2 Å². The van der Waals surface area contributed by atoms with Crippen LogP contribution in [0.15, 0.2) is 0 Å². The minimum atomic E-state index is 0.569. The molecule has 0 rings (SSSR count). The van der Waals surface area contributed by atoms with E-state index in [1.165, 1.54) is 0 Å². The van der Waals surface area contributed by atoms with E-state index in [9.17, 15) is 0 Å². The fraction of sp³-hybridized carbons (Fsp3) is 1.00. The summed E-state index contributed by atoms with van der Waals surface area (Å²) in [5.74, 6) is 0. The predicted octanol–water partition coefficient (Wildman–Crippen LogP) is 2.42. The molecule has 0 bridgehead atoms. The van der Waals surface area contributed by atoms with Crippen LogP contribution in [0.1, 0.15) is 13.8 Å². The maximum atomic E-state index is 4.83. The Morgan fingerprint density at radius 3 is 1.50 bits per heavy atom. The molecule has 0 aromatic carbocycles. The van der Waals surface area contributed by atoms with E-state index in [4.69, 9.17) is 25.1 Å². The van der Waals surface area contributed by atoms with Crippen LogP contribution in [0.2, 0.25) is 0 Å². The third kappa shape index (κ3) is 27.8. The predicted molar refractivity (Wildman–Crippen MR) is 33.9 cm³/mol. The van der Waals surface area contributed by atoms with Crippen LogP contribution in [0.3, 0.4) is 0 Å². The molecule has 0 spiro atoms. The van der Waals surface area contributed by atoms with E-state index in [1.807, 2.05) is 13.8 Å². The van der Waals surface area contributed by atoms with Crippen LogP contribution < -0.4 is 0 Å². The summed E-state index contributed by atoms with van der Waals surface area (Å²) in [5, 5.41) is 0. The first-order chi connectivity index (χ1) is 3.83. The molecule has 0 aromatic heterocycles. The van der Waals surface area contributed by atoms with Gasteiger partial charge in [0.15, 0.2) is 0 Å². The molecule has 0 amide bonds. The number of halogens is 2. The molecule has 1 nitrogen and oxygen atoms in total. The number of rotatable bonds is 2. The molecule has 0 aliphatic carbocycles. The van der Waals surface area contributed by atoms with E-state index in [-0.39, 0.29) is 0 Å². The molecule has 4 heteroatoms. The van der Waals surface area contributed by atoms with Gasteiger partial charge in [0.2, 0.25) is 0 Å². The van der Waals surface area contributed by atoms with Crippen molar-refractivity contribution < 1.29 is 17.4 Å². The first-order valence-electron chi connectivity index (χ1n) is 2.23. The summed E-state index contributed by atoms with van der Waals surface area (Å²) in [6.45, 7) is 5.67. The average molecular weight is 204 g/mol. The summed E-state index contributed by atoms with van der Waals surface area (Å²) in [5.41, 5.74) is 0. The van der Waals surface area contributed by atoms with E-state index < -0.39 is 0 Å². The van der Waals surface area contributed by atoms with Crippen molar-refractivity contribution in [3.05, 3.63) is 0 Å². The molecule has 0 aromatic rings. The molecule has 0 aliphatic heterocycles. The van der Waals surface area contributed by atoms with Gasteiger partial charge in [0, 0.05) is 13.2 Å². The minimum absolute atomic E-state index is 0.569. The van der Waals surface area contributed by atoms with E-state index in [2.05, 4.69) is 0 Å². The van der Waals surface area contributed by atoms with Crippen LogP contribution in [0, 0.1) is 0 Å². The summed E-state index contributed by atoms with van der Waals surface area (Å²) >= 11 is 0.569. The fourth-order valence-corrected chi connectivity index (χ4v) is 0.204. The standard InChI is InChI=1S/C4H10O.2ClH.Ni/c1-3-5-4-2;;;/h3-4H2,1-2H3;2*1H;/q;;;+2/p-2. The number of hydrogen-bond donors (Lipinski definition) is 0. The Labute approximate surface area is 65.0 Å². The van der Waals surface area contributed by atoms with Crippen LogP contribution in [0.4, 0.5) is 0 Å². The van der Waals surface area contributed by atoms with Crippen molar-refractivity contribution in [2.75, 3.05) is 13.2 Å². The van der Waals surface area contributed by atoms with Crippen LogP contribution in [-0.4, -0.2) is 13.2 Å². The van der Waals surface area contributed by atoms with Gasteiger partial charge in [-0.1, -0.05) is 0 Å².